The number of rotatable bonds is 4. The molecule has 1 aromatic rings. The average Bonchev–Trinajstić information content (AvgIpc) is 2.21. The number of Topliss-reactive ketones (excluding diaryl/α,β-unsaturated/α-hetero) is 1. The molecule has 0 atom stereocenters. The molecule has 0 aliphatic carbocycles. The molecule has 1 nitrogen and oxygen atoms in total. The Morgan fingerprint density at radius 3 is 2.53 bits per heavy atom. The molecule has 0 aromatic heterocycles. The van der Waals surface area contributed by atoms with E-state index in [0.29, 0.717) is 6.42 Å². The Bertz CT molecular complexity index is 397. The second kappa shape index (κ2) is 4.82. The minimum Gasteiger partial charge on any atom is -0.294 e. The van der Waals surface area contributed by atoms with E-state index < -0.39 is 11.6 Å². The Morgan fingerprint density at radius 2 is 2.00 bits per heavy atom. The highest BCUT2D eigenvalue weighted by Gasteiger charge is 2.10. The standard InChI is InChI=1S/C12H12F2O/c1-3-8(2)6-12(15)9-4-5-10(13)11(14)7-9/h4-5,7H,2-3,6H2,1H3. The Kier molecular flexibility index (Phi) is 3.72. The van der Waals surface area contributed by atoms with Crippen molar-refractivity contribution in [3.05, 3.63) is 47.5 Å². The fourth-order valence-corrected chi connectivity index (χ4v) is 1.12. The topological polar surface area (TPSA) is 17.1 Å². The number of hydrogen-bond acceptors (Lipinski definition) is 1. The van der Waals surface area contributed by atoms with E-state index in [9.17, 15) is 13.6 Å². The van der Waals surface area contributed by atoms with Crippen molar-refractivity contribution in [2.45, 2.75) is 19.8 Å². The maximum atomic E-state index is 12.8. The van der Waals surface area contributed by atoms with E-state index in [0.717, 1.165) is 17.7 Å². The fraction of sp³-hybridized carbons (Fsp3) is 0.250. The zero-order valence-corrected chi connectivity index (χ0v) is 8.52. The van der Waals surface area contributed by atoms with Crippen LogP contribution in [0.15, 0.2) is 30.4 Å². The van der Waals surface area contributed by atoms with Gasteiger partial charge in [0, 0.05) is 12.0 Å². The van der Waals surface area contributed by atoms with Crippen LogP contribution in [0.4, 0.5) is 8.78 Å². The molecule has 0 heterocycles. The molecule has 0 unspecified atom stereocenters. The molecule has 0 saturated heterocycles. The first kappa shape index (κ1) is 11.6. The molecule has 1 rings (SSSR count). The van der Waals surface area contributed by atoms with Gasteiger partial charge >= 0.3 is 0 Å². The SMILES string of the molecule is C=C(CC)CC(=O)c1ccc(F)c(F)c1. The van der Waals surface area contributed by atoms with Crippen LogP contribution >= 0.6 is 0 Å². The quantitative estimate of drug-likeness (QED) is 0.549. The summed E-state index contributed by atoms with van der Waals surface area (Å²) in [4.78, 5) is 11.5. The number of benzene rings is 1. The van der Waals surface area contributed by atoms with Crippen molar-refractivity contribution < 1.29 is 13.6 Å². The summed E-state index contributed by atoms with van der Waals surface area (Å²) in [5.41, 5.74) is 0.966. The van der Waals surface area contributed by atoms with Crippen LogP contribution in [-0.4, -0.2) is 5.78 Å². The molecule has 0 fully saturated rings. The van der Waals surface area contributed by atoms with Crippen molar-refractivity contribution in [1.29, 1.82) is 0 Å². The van der Waals surface area contributed by atoms with E-state index in [4.69, 9.17) is 0 Å². The lowest BCUT2D eigenvalue weighted by Gasteiger charge is -2.02. The smallest absolute Gasteiger partial charge is 0.166 e. The zero-order chi connectivity index (χ0) is 11.4. The Morgan fingerprint density at radius 1 is 1.33 bits per heavy atom. The molecule has 0 spiro atoms. The van der Waals surface area contributed by atoms with E-state index in [1.165, 1.54) is 6.07 Å². The van der Waals surface area contributed by atoms with Crippen LogP contribution < -0.4 is 0 Å². The van der Waals surface area contributed by atoms with Gasteiger partial charge in [-0.1, -0.05) is 19.1 Å². The van der Waals surface area contributed by atoms with Crippen LogP contribution in [0.2, 0.25) is 0 Å². The van der Waals surface area contributed by atoms with Gasteiger partial charge in [-0.3, -0.25) is 4.79 Å². The number of carbonyl (C=O) groups excluding carboxylic acids is 1. The maximum absolute atomic E-state index is 12.8. The van der Waals surface area contributed by atoms with E-state index >= 15 is 0 Å². The molecular weight excluding hydrogens is 198 g/mol. The van der Waals surface area contributed by atoms with E-state index in [1.807, 2.05) is 6.92 Å². The first-order valence-corrected chi connectivity index (χ1v) is 4.69. The normalized spacial score (nSPS) is 10.1. The van der Waals surface area contributed by atoms with Gasteiger partial charge < -0.3 is 0 Å². The van der Waals surface area contributed by atoms with Gasteiger partial charge in [0.25, 0.3) is 0 Å². The minimum atomic E-state index is -0.997. The summed E-state index contributed by atoms with van der Waals surface area (Å²) in [6.07, 6.45) is 0.886. The molecule has 15 heavy (non-hydrogen) atoms. The molecule has 0 N–H and O–H groups in total. The van der Waals surface area contributed by atoms with Gasteiger partial charge in [0.2, 0.25) is 0 Å². The molecule has 3 heteroatoms. The second-order valence-electron chi connectivity index (χ2n) is 3.33. The van der Waals surface area contributed by atoms with Crippen LogP contribution in [0.1, 0.15) is 30.1 Å². The Balaban J connectivity index is 2.83. The molecule has 0 aliphatic heterocycles. The van der Waals surface area contributed by atoms with Gasteiger partial charge in [0.1, 0.15) is 0 Å². The Labute approximate surface area is 87.4 Å². The van der Waals surface area contributed by atoms with E-state index in [-0.39, 0.29) is 17.8 Å². The van der Waals surface area contributed by atoms with Gasteiger partial charge in [-0.2, -0.15) is 0 Å². The zero-order valence-electron chi connectivity index (χ0n) is 8.52. The van der Waals surface area contributed by atoms with Gasteiger partial charge in [0.05, 0.1) is 0 Å². The highest BCUT2D eigenvalue weighted by atomic mass is 19.2. The summed E-state index contributed by atoms with van der Waals surface area (Å²) in [6.45, 7) is 5.58. The summed E-state index contributed by atoms with van der Waals surface area (Å²) in [6, 6.07) is 3.15. The lowest BCUT2D eigenvalue weighted by Crippen LogP contribution is -2.01. The third-order valence-electron chi connectivity index (χ3n) is 2.15. The highest BCUT2D eigenvalue weighted by molar-refractivity contribution is 5.97. The lowest BCUT2D eigenvalue weighted by molar-refractivity contribution is 0.0992. The Hall–Kier alpha value is -1.51. The first-order chi connectivity index (χ1) is 7.04. The average molecular weight is 210 g/mol. The van der Waals surface area contributed by atoms with Gasteiger partial charge in [0.15, 0.2) is 17.4 Å². The fourth-order valence-electron chi connectivity index (χ4n) is 1.12. The molecule has 0 radical (unpaired) electrons. The molecule has 0 bridgehead atoms. The molecule has 1 aromatic carbocycles. The van der Waals surface area contributed by atoms with Crippen molar-refractivity contribution in [2.24, 2.45) is 0 Å². The van der Waals surface area contributed by atoms with Gasteiger partial charge in [-0.25, -0.2) is 8.78 Å². The van der Waals surface area contributed by atoms with Crippen LogP contribution in [0.25, 0.3) is 0 Å². The van der Waals surface area contributed by atoms with Crippen molar-refractivity contribution in [2.75, 3.05) is 0 Å². The van der Waals surface area contributed by atoms with Crippen LogP contribution in [0.3, 0.4) is 0 Å². The van der Waals surface area contributed by atoms with Crippen molar-refractivity contribution in [3.63, 3.8) is 0 Å². The van der Waals surface area contributed by atoms with Crippen molar-refractivity contribution in [3.8, 4) is 0 Å². The number of ketones is 1. The molecule has 0 amide bonds. The van der Waals surface area contributed by atoms with Crippen LogP contribution in [0.5, 0.6) is 0 Å². The van der Waals surface area contributed by atoms with Crippen molar-refractivity contribution in [1.82, 2.24) is 0 Å². The predicted molar refractivity (Wildman–Crippen MR) is 54.7 cm³/mol. The summed E-state index contributed by atoms with van der Waals surface area (Å²) in [5.74, 6) is -2.18. The number of allylic oxidation sites excluding steroid dienone is 1. The minimum absolute atomic E-state index is 0.182. The molecule has 0 aliphatic rings. The second-order valence-corrected chi connectivity index (χ2v) is 3.33. The lowest BCUT2D eigenvalue weighted by atomic mass is 10.0. The monoisotopic (exact) mass is 210 g/mol. The van der Waals surface area contributed by atoms with Gasteiger partial charge in [-0.15, -0.1) is 0 Å². The van der Waals surface area contributed by atoms with Crippen LogP contribution in [-0.2, 0) is 0 Å². The summed E-state index contributed by atoms with van der Waals surface area (Å²) >= 11 is 0. The van der Waals surface area contributed by atoms with Crippen LogP contribution in [0, 0.1) is 11.6 Å². The summed E-state index contributed by atoms with van der Waals surface area (Å²) in [5, 5.41) is 0. The number of hydrogen-bond donors (Lipinski definition) is 0. The molecule has 80 valence electrons. The molecular formula is C12H12F2O. The van der Waals surface area contributed by atoms with Gasteiger partial charge in [-0.05, 0) is 24.6 Å². The third kappa shape index (κ3) is 2.98. The summed E-state index contributed by atoms with van der Waals surface area (Å²) < 4.78 is 25.4. The first-order valence-electron chi connectivity index (χ1n) is 4.69. The number of carbonyl (C=O) groups is 1. The van der Waals surface area contributed by atoms with Crippen molar-refractivity contribution >= 4 is 5.78 Å². The van der Waals surface area contributed by atoms with E-state index in [1.54, 1.807) is 0 Å². The predicted octanol–water partition coefficient (Wildman–Crippen LogP) is 3.50. The largest absolute Gasteiger partial charge is 0.294 e. The summed E-state index contributed by atoms with van der Waals surface area (Å²) in [7, 11) is 0. The highest BCUT2D eigenvalue weighted by Crippen LogP contribution is 2.13. The maximum Gasteiger partial charge on any atom is 0.166 e. The number of halogens is 2. The van der Waals surface area contributed by atoms with E-state index in [2.05, 4.69) is 6.58 Å². The molecule has 0 saturated carbocycles. The third-order valence-corrected chi connectivity index (χ3v) is 2.15.